The smallest absolute Gasteiger partial charge is 0.159 e. The molecule has 1 unspecified atom stereocenters. The summed E-state index contributed by atoms with van der Waals surface area (Å²) in [6, 6.07) is 0. The van der Waals surface area contributed by atoms with Gasteiger partial charge in [0.25, 0.3) is 0 Å². The molecule has 0 aliphatic heterocycles. The van der Waals surface area contributed by atoms with Crippen molar-refractivity contribution in [3.8, 4) is 0 Å². The molecule has 0 saturated heterocycles. The topological polar surface area (TPSA) is 63.6 Å². The fourth-order valence-corrected chi connectivity index (χ4v) is 1.41. The fourth-order valence-electron chi connectivity index (χ4n) is 1.29. The molecule has 0 spiro atoms. The molecule has 0 heterocycles. The van der Waals surface area contributed by atoms with Gasteiger partial charge in [0.1, 0.15) is 5.60 Å². The van der Waals surface area contributed by atoms with Gasteiger partial charge in [0.2, 0.25) is 0 Å². The zero-order valence-electron chi connectivity index (χ0n) is 10.9. The van der Waals surface area contributed by atoms with Crippen molar-refractivity contribution in [3.63, 3.8) is 0 Å². The summed E-state index contributed by atoms with van der Waals surface area (Å²) in [5.74, 6) is -1.52. The van der Waals surface area contributed by atoms with Crippen LogP contribution in [0.4, 0.5) is 0 Å². The summed E-state index contributed by atoms with van der Waals surface area (Å²) in [7, 11) is 2.02. The van der Waals surface area contributed by atoms with Crippen LogP contribution in [0.3, 0.4) is 0 Å². The molecule has 6 heteroatoms. The van der Waals surface area contributed by atoms with Crippen molar-refractivity contribution < 1.29 is 53.3 Å². The Hall–Kier alpha value is 0.534. The van der Waals surface area contributed by atoms with E-state index >= 15 is 0 Å². The van der Waals surface area contributed by atoms with E-state index in [0.29, 0.717) is 6.42 Å². The van der Waals surface area contributed by atoms with Gasteiger partial charge in [-0.3, -0.25) is 11.1 Å². The van der Waals surface area contributed by atoms with Crippen LogP contribution in [0.5, 0.6) is 0 Å². The second kappa shape index (κ2) is 10.5. The third-order valence-electron chi connectivity index (χ3n) is 2.35. The minimum atomic E-state index is -1.78. The first-order valence-electron chi connectivity index (χ1n) is 5.62. The average Bonchev–Trinajstić information content (AvgIpc) is 2.31. The van der Waals surface area contributed by atoms with E-state index in [4.69, 9.17) is 5.89 Å². The van der Waals surface area contributed by atoms with Gasteiger partial charge in [0, 0.05) is 50.0 Å². The molecule has 4 nitrogen and oxygen atoms in total. The minimum Gasteiger partial charge on any atom is -0.541 e. The summed E-state index contributed by atoms with van der Waals surface area (Å²) in [6.07, 6.45) is 5.17. The van der Waals surface area contributed by atoms with E-state index in [9.17, 15) is 14.7 Å². The number of hydrogen-bond donors (Lipinski definition) is 1. The molecule has 0 aliphatic carbocycles. The Morgan fingerprint density at radius 2 is 2.41 bits per heavy atom. The molecule has 0 aliphatic rings. The van der Waals surface area contributed by atoms with Gasteiger partial charge in [-0.25, -0.2) is 0 Å². The van der Waals surface area contributed by atoms with Crippen LogP contribution < -0.4 is 0 Å². The van der Waals surface area contributed by atoms with Crippen molar-refractivity contribution in [2.75, 3.05) is 6.61 Å². The predicted molar refractivity (Wildman–Crippen MR) is 64.5 cm³/mol. The summed E-state index contributed by atoms with van der Waals surface area (Å²) in [6.45, 7) is 1.56. The average molecular weight is 335 g/mol. The summed E-state index contributed by atoms with van der Waals surface area (Å²) in [4.78, 5) is 22.3. The Labute approximate surface area is 131 Å². The molecule has 0 aromatic rings. The van der Waals surface area contributed by atoms with Gasteiger partial charge in [-0.2, -0.15) is 0 Å². The number of carbonyl (C=O) groups excluding carboxylic acids is 2. The van der Waals surface area contributed by atoms with E-state index in [1.807, 2.05) is 9.47 Å². The number of rotatable bonds is 8. The number of Topliss-reactive ketones (excluding diaryl/α,β-unsaturated/α-hetero) is 1. The third-order valence-corrected chi connectivity index (χ3v) is 2.58. The minimum absolute atomic E-state index is 0. The van der Waals surface area contributed by atoms with Crippen molar-refractivity contribution in [1.29, 1.82) is 0 Å². The van der Waals surface area contributed by atoms with E-state index in [0.717, 1.165) is 0 Å². The maximum atomic E-state index is 11.4. The Bertz CT molecular complexity index is 288. The normalized spacial score (nSPS) is 16.8. The van der Waals surface area contributed by atoms with E-state index in [2.05, 4.69) is 0 Å². The number of carbonyl (C=O) groups is 1. The van der Waals surface area contributed by atoms with Gasteiger partial charge in [-0.15, -0.1) is 6.08 Å². The molecule has 0 amide bonds. The largest absolute Gasteiger partial charge is 0.541 e. The zero-order chi connectivity index (χ0) is 13.3. The summed E-state index contributed by atoms with van der Waals surface area (Å²) in [5, 5.41) is 10.2. The van der Waals surface area contributed by atoms with Crippen molar-refractivity contribution in [2.45, 2.75) is 32.3 Å². The van der Waals surface area contributed by atoms with Crippen LogP contribution >= 0.6 is 9.47 Å². The molecule has 0 bridgehead atoms. The van der Waals surface area contributed by atoms with E-state index in [1.54, 1.807) is 12.4 Å². The van der Waals surface area contributed by atoms with Crippen LogP contribution in [0.25, 0.3) is 0 Å². The second-order valence-electron chi connectivity index (χ2n) is 3.41. The van der Waals surface area contributed by atoms with Gasteiger partial charge < -0.3 is 14.4 Å². The van der Waals surface area contributed by atoms with Gasteiger partial charge in [0.05, 0.1) is 6.61 Å². The van der Waals surface area contributed by atoms with Gasteiger partial charge in [0.15, 0.2) is 5.78 Å². The van der Waals surface area contributed by atoms with Gasteiger partial charge >= 0.3 is 0 Å². The molecule has 0 saturated carbocycles. The Morgan fingerprint density at radius 1 is 1.76 bits per heavy atom. The van der Waals surface area contributed by atoms with Crippen LogP contribution in [-0.4, -0.2) is 29.4 Å². The number of hydrogen-bond acceptors (Lipinski definition) is 4. The van der Waals surface area contributed by atoms with Crippen molar-refractivity contribution in [2.24, 2.45) is 5.92 Å². The third kappa shape index (κ3) is 6.31. The molecule has 1 N–H and O–H groups in total. The van der Waals surface area contributed by atoms with Crippen LogP contribution in [0.2, 0.25) is 0 Å². The first-order valence-corrected chi connectivity index (χ1v) is 5.38. The van der Waals surface area contributed by atoms with Gasteiger partial charge in [-0.05, 0) is 13.3 Å². The van der Waals surface area contributed by atoms with E-state index in [1.165, 1.54) is 13.0 Å². The van der Waals surface area contributed by atoms with Gasteiger partial charge in [-0.1, -0.05) is 18.9 Å². The fraction of sp³-hybridized carbons (Fsp3) is 0.636. The maximum absolute atomic E-state index is 11.4. The molecular weight excluding hydrogens is 316 g/mol. The number of aliphatic hydroxyl groups is 1. The molecule has 0 aromatic heterocycles. The molecule has 95 valence electrons. The summed E-state index contributed by atoms with van der Waals surface area (Å²) < 4.78 is 11.7. The van der Waals surface area contributed by atoms with E-state index in [-0.39, 0.29) is 52.6 Å². The Morgan fingerprint density at radius 3 is 2.82 bits per heavy atom. The molecule has 0 rings (SSSR count). The SMILES string of the molecule is [2H]CC/C=C/[C@H]([C-]=O)[C@@](O)(CCOP)C(C)=O.[Y]. The van der Waals surface area contributed by atoms with Crippen LogP contribution in [0.1, 0.15) is 28.0 Å². The Kier molecular flexibility index (Phi) is 10.8. The summed E-state index contributed by atoms with van der Waals surface area (Å²) >= 11 is 0. The standard InChI is InChI=1S/C11H18O4P.Y/c1-3-4-5-10(8-12)11(14,9(2)13)6-7-15-16;/h4-5,10,14H,3,6-7,16H2,1-2H3;/q-1;/b5-4+;/t10-,11-;/m1./s1/i1D;. The van der Waals surface area contributed by atoms with Crippen molar-refractivity contribution in [3.05, 3.63) is 12.2 Å². The second-order valence-corrected chi connectivity index (χ2v) is 3.75. The van der Waals surface area contributed by atoms with Crippen LogP contribution in [0.15, 0.2) is 12.2 Å². The molecule has 1 radical (unpaired) electrons. The van der Waals surface area contributed by atoms with Crippen molar-refractivity contribution in [1.82, 2.24) is 0 Å². The predicted octanol–water partition coefficient (Wildman–Crippen LogP) is 1.19. The van der Waals surface area contributed by atoms with Crippen LogP contribution in [-0.2, 0) is 46.8 Å². The number of ketones is 1. The first-order chi connectivity index (χ1) is 8.02. The quantitative estimate of drug-likeness (QED) is 0.411. The van der Waals surface area contributed by atoms with E-state index < -0.39 is 17.3 Å². The first kappa shape index (κ1) is 17.5. The molecule has 0 fully saturated rings. The number of allylic oxidation sites excluding steroid dienone is 1. The molecule has 17 heavy (non-hydrogen) atoms. The van der Waals surface area contributed by atoms with Crippen molar-refractivity contribution >= 4 is 21.5 Å². The zero-order valence-corrected chi connectivity index (χ0v) is 13.9. The summed E-state index contributed by atoms with van der Waals surface area (Å²) in [5.41, 5.74) is -1.78. The monoisotopic (exact) mass is 335 g/mol. The maximum Gasteiger partial charge on any atom is 0.159 e. The molecule has 0 aromatic carbocycles. The van der Waals surface area contributed by atoms with Crippen LogP contribution in [0, 0.1) is 5.92 Å². The Balaban J connectivity index is 0. The molecule has 3 atom stereocenters. The molecular formula is C11H18O4PY-.